The van der Waals surface area contributed by atoms with Crippen molar-refractivity contribution >= 4 is 5.95 Å². The van der Waals surface area contributed by atoms with Gasteiger partial charge in [0.2, 0.25) is 5.89 Å². The van der Waals surface area contributed by atoms with Crippen molar-refractivity contribution in [2.75, 3.05) is 57.4 Å². The summed E-state index contributed by atoms with van der Waals surface area (Å²) >= 11 is 0. The molecule has 1 saturated carbocycles. The Kier molecular flexibility index (Phi) is 4.50. The van der Waals surface area contributed by atoms with Gasteiger partial charge < -0.3 is 19.3 Å². The third-order valence-corrected chi connectivity index (χ3v) is 5.14. The summed E-state index contributed by atoms with van der Waals surface area (Å²) in [4.78, 5) is 9.25. The fourth-order valence-electron chi connectivity index (χ4n) is 3.75. The lowest BCUT2D eigenvalue weighted by Crippen LogP contribution is -2.48. The van der Waals surface area contributed by atoms with E-state index in [4.69, 9.17) is 9.26 Å². The van der Waals surface area contributed by atoms with Gasteiger partial charge in [0.05, 0.1) is 13.2 Å². The third kappa shape index (κ3) is 3.67. The van der Waals surface area contributed by atoms with E-state index in [0.717, 1.165) is 58.2 Å². The van der Waals surface area contributed by atoms with E-state index < -0.39 is 0 Å². The van der Waals surface area contributed by atoms with Crippen molar-refractivity contribution in [3.8, 4) is 0 Å². The van der Waals surface area contributed by atoms with Gasteiger partial charge in [0.25, 0.3) is 5.95 Å². The van der Waals surface area contributed by atoms with Crippen LogP contribution in [0.5, 0.6) is 0 Å². The van der Waals surface area contributed by atoms with E-state index in [1.807, 2.05) is 0 Å². The average molecular weight is 322 g/mol. The smallest absolute Gasteiger partial charge is 0.266 e. The molecule has 1 aliphatic carbocycles. The maximum Gasteiger partial charge on any atom is 0.266 e. The van der Waals surface area contributed by atoms with E-state index in [-0.39, 0.29) is 12.5 Å². The average Bonchev–Trinajstić information content (AvgIpc) is 3.32. The molecule has 0 unspecified atom stereocenters. The predicted molar refractivity (Wildman–Crippen MR) is 84.4 cm³/mol. The maximum atomic E-state index is 9.66. The Labute approximate surface area is 136 Å². The van der Waals surface area contributed by atoms with E-state index in [1.165, 1.54) is 12.8 Å². The first kappa shape index (κ1) is 15.4. The van der Waals surface area contributed by atoms with Crippen LogP contribution in [0.25, 0.3) is 0 Å². The van der Waals surface area contributed by atoms with Crippen molar-refractivity contribution in [2.24, 2.45) is 11.8 Å². The van der Waals surface area contributed by atoms with Crippen molar-refractivity contribution in [1.29, 1.82) is 0 Å². The molecule has 3 heterocycles. The van der Waals surface area contributed by atoms with Crippen molar-refractivity contribution in [1.82, 2.24) is 15.0 Å². The molecule has 0 aromatic carbocycles. The molecule has 0 bridgehead atoms. The van der Waals surface area contributed by atoms with Crippen LogP contribution in [0.4, 0.5) is 5.95 Å². The van der Waals surface area contributed by atoms with E-state index >= 15 is 0 Å². The topological polar surface area (TPSA) is 74.9 Å². The van der Waals surface area contributed by atoms with Gasteiger partial charge in [-0.05, 0) is 36.3 Å². The second-order valence-corrected chi connectivity index (χ2v) is 7.18. The molecule has 23 heavy (non-hydrogen) atoms. The Morgan fingerprint density at radius 2 is 1.91 bits per heavy atom. The maximum absolute atomic E-state index is 9.66. The first-order chi connectivity index (χ1) is 11.3. The lowest BCUT2D eigenvalue weighted by molar-refractivity contribution is 0.0267. The molecule has 7 nitrogen and oxygen atoms in total. The first-order valence-electron chi connectivity index (χ1n) is 8.81. The minimum Gasteiger partial charge on any atom is -0.396 e. The summed E-state index contributed by atoms with van der Waals surface area (Å²) in [5.74, 6) is 2.80. The fourth-order valence-corrected chi connectivity index (χ4v) is 3.75. The molecule has 2 atom stereocenters. The monoisotopic (exact) mass is 322 g/mol. The number of piperidine rings is 1. The molecule has 1 aromatic rings. The molecule has 0 spiro atoms. The molecule has 7 heteroatoms. The number of aliphatic hydroxyl groups is 1. The molecule has 2 saturated heterocycles. The van der Waals surface area contributed by atoms with Gasteiger partial charge in [0, 0.05) is 45.2 Å². The molecule has 1 N–H and O–H groups in total. The van der Waals surface area contributed by atoms with Gasteiger partial charge in [-0.3, -0.25) is 4.90 Å². The minimum atomic E-state index is 0.226. The Hall–Kier alpha value is -1.18. The normalized spacial score (nSPS) is 29.9. The fraction of sp³-hybridized carbons (Fsp3) is 0.875. The minimum absolute atomic E-state index is 0.226. The van der Waals surface area contributed by atoms with Crippen LogP contribution in [0.15, 0.2) is 4.52 Å². The first-order valence-corrected chi connectivity index (χ1v) is 8.81. The van der Waals surface area contributed by atoms with Gasteiger partial charge in [0.1, 0.15) is 0 Å². The van der Waals surface area contributed by atoms with Gasteiger partial charge >= 0.3 is 0 Å². The van der Waals surface area contributed by atoms with Crippen LogP contribution in [0.3, 0.4) is 0 Å². The second-order valence-electron chi connectivity index (χ2n) is 7.18. The molecule has 0 radical (unpaired) electrons. The van der Waals surface area contributed by atoms with E-state index in [1.54, 1.807) is 0 Å². The number of aliphatic hydroxyl groups excluding tert-OH is 1. The summed E-state index contributed by atoms with van der Waals surface area (Å²) in [7, 11) is 0. The van der Waals surface area contributed by atoms with Gasteiger partial charge in [-0.25, -0.2) is 0 Å². The zero-order chi connectivity index (χ0) is 15.6. The number of hydrogen-bond acceptors (Lipinski definition) is 7. The van der Waals surface area contributed by atoms with Crippen molar-refractivity contribution < 1.29 is 14.4 Å². The van der Waals surface area contributed by atoms with Crippen molar-refractivity contribution in [3.63, 3.8) is 0 Å². The third-order valence-electron chi connectivity index (χ3n) is 5.14. The molecular formula is C16H26N4O3. The van der Waals surface area contributed by atoms with Gasteiger partial charge in [-0.2, -0.15) is 4.98 Å². The molecule has 1 aromatic heterocycles. The van der Waals surface area contributed by atoms with E-state index in [9.17, 15) is 5.11 Å². The van der Waals surface area contributed by atoms with Crippen LogP contribution in [0.1, 0.15) is 31.1 Å². The lowest BCUT2D eigenvalue weighted by atomic mass is 9.89. The second kappa shape index (κ2) is 6.75. The number of anilines is 1. The number of aromatic nitrogens is 2. The predicted octanol–water partition coefficient (Wildman–Crippen LogP) is 0.714. The molecular weight excluding hydrogens is 296 g/mol. The Balaban J connectivity index is 1.41. The van der Waals surface area contributed by atoms with Crippen LogP contribution < -0.4 is 4.90 Å². The summed E-state index contributed by atoms with van der Waals surface area (Å²) in [5.41, 5.74) is 0. The van der Waals surface area contributed by atoms with Gasteiger partial charge in [-0.15, -0.1) is 0 Å². The van der Waals surface area contributed by atoms with Crippen LogP contribution >= 0.6 is 0 Å². The largest absolute Gasteiger partial charge is 0.396 e. The quantitative estimate of drug-likeness (QED) is 0.856. The lowest BCUT2D eigenvalue weighted by Gasteiger charge is -2.39. The number of ether oxygens (including phenoxy) is 1. The highest BCUT2D eigenvalue weighted by molar-refractivity contribution is 5.30. The van der Waals surface area contributed by atoms with Crippen molar-refractivity contribution in [3.05, 3.63) is 5.89 Å². The van der Waals surface area contributed by atoms with Crippen molar-refractivity contribution in [2.45, 2.75) is 25.2 Å². The van der Waals surface area contributed by atoms with Crippen LogP contribution in [0.2, 0.25) is 0 Å². The molecule has 4 rings (SSSR count). The molecule has 3 fully saturated rings. The van der Waals surface area contributed by atoms with Crippen LogP contribution in [-0.2, 0) is 4.74 Å². The number of hydrogen-bond donors (Lipinski definition) is 1. The Morgan fingerprint density at radius 1 is 1.13 bits per heavy atom. The molecule has 2 aliphatic heterocycles. The van der Waals surface area contributed by atoms with Gasteiger partial charge in [0.15, 0.2) is 0 Å². The van der Waals surface area contributed by atoms with Gasteiger partial charge in [-0.1, -0.05) is 0 Å². The van der Waals surface area contributed by atoms with E-state index in [0.29, 0.717) is 17.8 Å². The molecule has 128 valence electrons. The summed E-state index contributed by atoms with van der Waals surface area (Å²) in [5, 5.41) is 13.8. The highest BCUT2D eigenvalue weighted by Crippen LogP contribution is 2.39. The highest BCUT2D eigenvalue weighted by atomic mass is 16.5. The summed E-state index contributed by atoms with van der Waals surface area (Å²) in [6.07, 6.45) is 3.40. The summed E-state index contributed by atoms with van der Waals surface area (Å²) in [6, 6.07) is 0. The Morgan fingerprint density at radius 3 is 2.65 bits per heavy atom. The van der Waals surface area contributed by atoms with Crippen LogP contribution in [0, 0.1) is 11.8 Å². The Bertz CT molecular complexity index is 513. The molecule has 3 aliphatic rings. The SMILES string of the molecule is OC[C@@H]1C[C@H](CN2CCOCC2)CN(c2noc(C3CC3)n2)C1. The number of nitrogens with zero attached hydrogens (tertiary/aromatic N) is 4. The van der Waals surface area contributed by atoms with Crippen LogP contribution in [-0.4, -0.2) is 72.7 Å². The standard InChI is InChI=1S/C16H26N4O3/c21-11-13-7-12(8-19-3-5-22-6-4-19)9-20(10-13)16-17-15(23-18-16)14-1-2-14/h12-14,21H,1-11H2/t12-,13-/m1/s1. The number of rotatable bonds is 5. The zero-order valence-electron chi connectivity index (χ0n) is 13.6. The number of morpholine rings is 1. The zero-order valence-corrected chi connectivity index (χ0v) is 13.6. The summed E-state index contributed by atoms with van der Waals surface area (Å²) in [6.45, 7) is 6.72. The summed E-state index contributed by atoms with van der Waals surface area (Å²) < 4.78 is 10.8. The highest BCUT2D eigenvalue weighted by Gasteiger charge is 2.33. The molecule has 0 amide bonds. The van der Waals surface area contributed by atoms with E-state index in [2.05, 4.69) is 19.9 Å².